The maximum Gasteiger partial charge on any atom is 0.0820 e. The second kappa shape index (κ2) is 5.40. The Kier molecular flexibility index (Phi) is 4.10. The lowest BCUT2D eigenvalue weighted by Crippen LogP contribution is -2.22. The van der Waals surface area contributed by atoms with Gasteiger partial charge in [0, 0.05) is 18.0 Å². The highest BCUT2D eigenvalue weighted by Gasteiger charge is 2.25. The van der Waals surface area contributed by atoms with Crippen molar-refractivity contribution in [3.63, 3.8) is 0 Å². The molecule has 1 saturated carbocycles. The topological polar surface area (TPSA) is 43.8 Å². The average Bonchev–Trinajstić information content (AvgIpc) is 2.52. The Labute approximate surface area is 108 Å². The quantitative estimate of drug-likeness (QED) is 0.822. The second-order valence-electron chi connectivity index (χ2n) is 5.39. The van der Waals surface area contributed by atoms with Gasteiger partial charge in [-0.05, 0) is 33.1 Å². The maximum atomic E-state index is 6.30. The molecule has 0 amide bonds. The second-order valence-corrected chi connectivity index (χ2v) is 5.80. The van der Waals surface area contributed by atoms with Crippen molar-refractivity contribution in [1.29, 1.82) is 0 Å². The summed E-state index contributed by atoms with van der Waals surface area (Å²) >= 11 is 6.30. The van der Waals surface area contributed by atoms with Crippen molar-refractivity contribution in [3.8, 4) is 0 Å². The minimum atomic E-state index is 0.314. The Hall–Kier alpha value is -0.540. The van der Waals surface area contributed by atoms with Crippen LogP contribution in [-0.2, 0) is 0 Å². The Balaban J connectivity index is 2.28. The molecule has 1 aromatic rings. The lowest BCUT2D eigenvalue weighted by atomic mass is 9.94. The number of hydrogen-bond acceptors (Lipinski definition) is 2. The molecule has 0 aromatic carbocycles. The molecule has 0 radical (unpaired) electrons. The van der Waals surface area contributed by atoms with Crippen LogP contribution in [0.2, 0.25) is 5.02 Å². The van der Waals surface area contributed by atoms with Crippen LogP contribution in [0, 0.1) is 0 Å². The van der Waals surface area contributed by atoms with Gasteiger partial charge in [-0.25, -0.2) is 0 Å². The molecule has 2 unspecified atom stereocenters. The van der Waals surface area contributed by atoms with E-state index < -0.39 is 0 Å². The zero-order valence-corrected chi connectivity index (χ0v) is 11.5. The number of rotatable bonds is 2. The molecule has 0 spiro atoms. The first-order chi connectivity index (χ1) is 8.09. The fourth-order valence-corrected chi connectivity index (χ4v) is 3.08. The van der Waals surface area contributed by atoms with E-state index >= 15 is 0 Å². The molecular formula is C13H22ClN3. The molecule has 1 aliphatic rings. The highest BCUT2D eigenvalue weighted by atomic mass is 35.5. The fourth-order valence-electron chi connectivity index (χ4n) is 2.79. The molecule has 1 fully saturated rings. The number of aromatic nitrogens is 2. The Morgan fingerprint density at radius 3 is 2.82 bits per heavy atom. The minimum Gasteiger partial charge on any atom is -0.328 e. The van der Waals surface area contributed by atoms with Gasteiger partial charge in [-0.3, -0.25) is 4.68 Å². The largest absolute Gasteiger partial charge is 0.328 e. The summed E-state index contributed by atoms with van der Waals surface area (Å²) in [7, 11) is 0. The summed E-state index contributed by atoms with van der Waals surface area (Å²) in [6, 6.07) is 0.672. The summed E-state index contributed by atoms with van der Waals surface area (Å²) in [5.41, 5.74) is 7.33. The van der Waals surface area contributed by atoms with Crippen LogP contribution in [0.5, 0.6) is 0 Å². The molecule has 0 bridgehead atoms. The number of hydrogen-bond donors (Lipinski definition) is 1. The van der Waals surface area contributed by atoms with E-state index in [4.69, 9.17) is 17.3 Å². The lowest BCUT2D eigenvalue weighted by Gasteiger charge is -2.21. The first kappa shape index (κ1) is 12.9. The zero-order chi connectivity index (χ0) is 12.4. The predicted molar refractivity (Wildman–Crippen MR) is 71.4 cm³/mol. The Morgan fingerprint density at radius 2 is 2.12 bits per heavy atom. The van der Waals surface area contributed by atoms with E-state index in [2.05, 4.69) is 23.6 Å². The highest BCUT2D eigenvalue weighted by Crippen LogP contribution is 2.36. The summed E-state index contributed by atoms with van der Waals surface area (Å²) in [5, 5.41) is 5.19. The van der Waals surface area contributed by atoms with Gasteiger partial charge in [0.15, 0.2) is 0 Å². The van der Waals surface area contributed by atoms with Gasteiger partial charge in [-0.15, -0.1) is 0 Å². The average molecular weight is 256 g/mol. The van der Waals surface area contributed by atoms with Gasteiger partial charge in [-0.2, -0.15) is 5.10 Å². The van der Waals surface area contributed by atoms with Crippen molar-refractivity contribution >= 4 is 11.6 Å². The number of nitrogens with zero attached hydrogens (tertiary/aromatic N) is 2. The predicted octanol–water partition coefficient (Wildman–Crippen LogP) is 3.49. The van der Waals surface area contributed by atoms with E-state index in [9.17, 15) is 0 Å². The molecule has 0 saturated heterocycles. The van der Waals surface area contributed by atoms with Crippen molar-refractivity contribution in [2.45, 2.75) is 64.0 Å². The monoisotopic (exact) mass is 255 g/mol. The van der Waals surface area contributed by atoms with E-state index in [1.807, 2.05) is 0 Å². The van der Waals surface area contributed by atoms with Gasteiger partial charge >= 0.3 is 0 Å². The van der Waals surface area contributed by atoms with Gasteiger partial charge < -0.3 is 5.73 Å². The number of halogens is 1. The molecule has 1 aliphatic carbocycles. The smallest absolute Gasteiger partial charge is 0.0820 e. The lowest BCUT2D eigenvalue weighted by molar-refractivity contribution is 0.451. The van der Waals surface area contributed by atoms with Crippen molar-refractivity contribution in [3.05, 3.63) is 16.9 Å². The van der Waals surface area contributed by atoms with Gasteiger partial charge in [0.05, 0.1) is 16.9 Å². The van der Waals surface area contributed by atoms with Gasteiger partial charge in [0.25, 0.3) is 0 Å². The van der Waals surface area contributed by atoms with Crippen LogP contribution in [0.1, 0.15) is 63.6 Å². The first-order valence-electron chi connectivity index (χ1n) is 6.58. The molecule has 0 aliphatic heterocycles. The SMILES string of the molecule is CC(C)n1ncc(Cl)c1C1CCCCC(N)C1. The molecule has 3 nitrogen and oxygen atoms in total. The third kappa shape index (κ3) is 2.83. The Morgan fingerprint density at radius 1 is 1.41 bits per heavy atom. The summed E-state index contributed by atoms with van der Waals surface area (Å²) in [4.78, 5) is 0. The molecule has 17 heavy (non-hydrogen) atoms. The molecule has 96 valence electrons. The van der Waals surface area contributed by atoms with Crippen molar-refractivity contribution in [1.82, 2.24) is 9.78 Å². The van der Waals surface area contributed by atoms with Crippen molar-refractivity contribution < 1.29 is 0 Å². The van der Waals surface area contributed by atoms with Crippen LogP contribution in [0.15, 0.2) is 6.20 Å². The molecule has 2 atom stereocenters. The zero-order valence-electron chi connectivity index (χ0n) is 10.7. The number of nitrogens with two attached hydrogens (primary N) is 1. The van der Waals surface area contributed by atoms with E-state index in [0.717, 1.165) is 17.9 Å². The maximum absolute atomic E-state index is 6.30. The molecule has 4 heteroatoms. The molecular weight excluding hydrogens is 234 g/mol. The minimum absolute atomic E-state index is 0.314. The third-order valence-electron chi connectivity index (χ3n) is 3.63. The normalized spacial score (nSPS) is 26.2. The summed E-state index contributed by atoms with van der Waals surface area (Å²) in [6.45, 7) is 4.28. The van der Waals surface area contributed by atoms with Crippen LogP contribution < -0.4 is 5.73 Å². The molecule has 2 rings (SSSR count). The van der Waals surface area contributed by atoms with Crippen LogP contribution in [0.4, 0.5) is 0 Å². The van der Waals surface area contributed by atoms with Crippen LogP contribution in [0.3, 0.4) is 0 Å². The standard InChI is InChI=1S/C13H22ClN3/c1-9(2)17-13(12(14)8-16-17)10-5-3-4-6-11(15)7-10/h8-11H,3-7,15H2,1-2H3. The van der Waals surface area contributed by atoms with Crippen molar-refractivity contribution in [2.75, 3.05) is 0 Å². The van der Waals surface area contributed by atoms with Crippen LogP contribution in [0.25, 0.3) is 0 Å². The summed E-state index contributed by atoms with van der Waals surface area (Å²) < 4.78 is 2.06. The van der Waals surface area contributed by atoms with Gasteiger partial charge in [0.1, 0.15) is 0 Å². The third-order valence-corrected chi connectivity index (χ3v) is 3.92. The van der Waals surface area contributed by atoms with Gasteiger partial charge in [0.2, 0.25) is 0 Å². The van der Waals surface area contributed by atoms with E-state index in [1.54, 1.807) is 6.20 Å². The van der Waals surface area contributed by atoms with Crippen LogP contribution >= 0.6 is 11.6 Å². The van der Waals surface area contributed by atoms with Gasteiger partial charge in [-0.1, -0.05) is 24.4 Å². The molecule has 1 heterocycles. The summed E-state index contributed by atoms with van der Waals surface area (Å²) in [5.74, 6) is 0.477. The highest BCUT2D eigenvalue weighted by molar-refractivity contribution is 6.31. The Bertz CT molecular complexity index is 373. The van der Waals surface area contributed by atoms with E-state index in [0.29, 0.717) is 18.0 Å². The molecule has 2 N–H and O–H groups in total. The fraction of sp³-hybridized carbons (Fsp3) is 0.769. The van der Waals surface area contributed by atoms with E-state index in [1.165, 1.54) is 25.0 Å². The van der Waals surface area contributed by atoms with E-state index in [-0.39, 0.29) is 0 Å². The van der Waals surface area contributed by atoms with Crippen LogP contribution in [-0.4, -0.2) is 15.8 Å². The molecule has 1 aromatic heterocycles. The summed E-state index contributed by atoms with van der Waals surface area (Å²) in [6.07, 6.45) is 7.63. The van der Waals surface area contributed by atoms with Crippen molar-refractivity contribution in [2.24, 2.45) is 5.73 Å². The first-order valence-corrected chi connectivity index (χ1v) is 6.96.